The summed E-state index contributed by atoms with van der Waals surface area (Å²) in [5, 5.41) is 3.41. The summed E-state index contributed by atoms with van der Waals surface area (Å²) in [4.78, 5) is 21.6. The van der Waals surface area contributed by atoms with Gasteiger partial charge in [0.15, 0.2) is 6.23 Å². The molecular formula is C20H21N7O2. The van der Waals surface area contributed by atoms with Crippen LogP contribution in [0.5, 0.6) is 0 Å². The molecule has 1 saturated heterocycles. The lowest BCUT2D eigenvalue weighted by molar-refractivity contribution is -0.124. The molecule has 0 spiro atoms. The summed E-state index contributed by atoms with van der Waals surface area (Å²) in [6.07, 6.45) is 12.4. The minimum Gasteiger partial charge on any atom is -0.369 e. The quantitative estimate of drug-likeness (QED) is 0.710. The van der Waals surface area contributed by atoms with E-state index in [1.165, 1.54) is 5.57 Å². The molecule has 0 saturated carbocycles. The first-order valence-corrected chi connectivity index (χ1v) is 9.59. The summed E-state index contributed by atoms with van der Waals surface area (Å²) >= 11 is 0. The molecule has 0 radical (unpaired) electrons. The van der Waals surface area contributed by atoms with Crippen LogP contribution in [0.4, 0.5) is 5.82 Å². The maximum atomic E-state index is 5.90. The molecule has 5 rings (SSSR count). The molecule has 5 heterocycles. The summed E-state index contributed by atoms with van der Waals surface area (Å²) in [6, 6.07) is 1.92. The van der Waals surface area contributed by atoms with Crippen molar-refractivity contribution in [1.29, 1.82) is 0 Å². The van der Waals surface area contributed by atoms with Gasteiger partial charge in [-0.3, -0.25) is 9.39 Å². The number of imidazole rings is 1. The molecule has 1 fully saturated rings. The molecule has 1 N–H and O–H groups in total. The van der Waals surface area contributed by atoms with Crippen molar-refractivity contribution in [3.63, 3.8) is 0 Å². The Hall–Kier alpha value is -3.17. The molecule has 2 aliphatic rings. The highest BCUT2D eigenvalue weighted by Crippen LogP contribution is 2.27. The lowest BCUT2D eigenvalue weighted by Crippen LogP contribution is -2.42. The van der Waals surface area contributed by atoms with Crippen LogP contribution in [0.3, 0.4) is 0 Å². The molecule has 0 amide bonds. The third kappa shape index (κ3) is 3.62. The van der Waals surface area contributed by atoms with E-state index < -0.39 is 0 Å². The lowest BCUT2D eigenvalue weighted by atomic mass is 9.92. The summed E-state index contributed by atoms with van der Waals surface area (Å²) in [5.41, 5.74) is 2.88. The maximum absolute atomic E-state index is 5.90. The van der Waals surface area contributed by atoms with Crippen LogP contribution in [0, 0.1) is 5.92 Å². The smallest absolute Gasteiger partial charge is 0.233 e. The number of nitrogens with zero attached hydrogens (tertiary/aromatic N) is 6. The molecule has 148 valence electrons. The Morgan fingerprint density at radius 3 is 3.10 bits per heavy atom. The van der Waals surface area contributed by atoms with Crippen LogP contribution in [0.25, 0.3) is 17.0 Å². The molecule has 3 aromatic heterocycles. The highest BCUT2D eigenvalue weighted by atomic mass is 16.6. The van der Waals surface area contributed by atoms with E-state index in [1.807, 2.05) is 35.2 Å². The molecule has 0 aliphatic carbocycles. The van der Waals surface area contributed by atoms with Gasteiger partial charge in [-0.25, -0.2) is 19.9 Å². The van der Waals surface area contributed by atoms with Gasteiger partial charge in [0, 0.05) is 49.2 Å². The van der Waals surface area contributed by atoms with Gasteiger partial charge in [-0.05, 0) is 17.6 Å². The first kappa shape index (κ1) is 17.9. The number of rotatable bonds is 5. The molecule has 0 aromatic carbocycles. The molecule has 3 atom stereocenters. The van der Waals surface area contributed by atoms with Gasteiger partial charge in [0.05, 0.1) is 18.9 Å². The number of nitrogens with one attached hydrogen (secondary N) is 1. The van der Waals surface area contributed by atoms with Gasteiger partial charge in [-0.2, -0.15) is 0 Å². The summed E-state index contributed by atoms with van der Waals surface area (Å²) in [7, 11) is 0. The normalized spacial score (nSPS) is 22.2. The van der Waals surface area contributed by atoms with Crippen molar-refractivity contribution in [3.8, 4) is 11.3 Å². The molecule has 0 bridgehead atoms. The average Bonchev–Trinajstić information content (AvgIpc) is 3.25. The standard InChI is InChI=1S/C20H21N7O2/c1-13(15-2-3-21-19-18(15)28-6-7-29-19)9-23-17-8-16(25-12-26-17)14-10-24-20-22-4-5-27(20)11-14/h2-5,8,10-13,18-19H,6-7,9H2,1H3,(H,23,25,26)/t13-,18?,19?/m1/s1. The molecule has 9 nitrogen and oxygen atoms in total. The Labute approximate surface area is 167 Å². The molecular weight excluding hydrogens is 370 g/mol. The van der Waals surface area contributed by atoms with E-state index >= 15 is 0 Å². The fourth-order valence-corrected chi connectivity index (χ4v) is 3.59. The van der Waals surface area contributed by atoms with E-state index in [9.17, 15) is 0 Å². The first-order chi connectivity index (χ1) is 14.3. The fraction of sp³-hybridized carbons (Fsp3) is 0.350. The van der Waals surface area contributed by atoms with E-state index in [4.69, 9.17) is 9.47 Å². The van der Waals surface area contributed by atoms with Crippen LogP contribution in [0.2, 0.25) is 0 Å². The van der Waals surface area contributed by atoms with Crippen LogP contribution in [-0.4, -0.2) is 62.6 Å². The number of hydrogen-bond donors (Lipinski definition) is 1. The zero-order valence-electron chi connectivity index (χ0n) is 16.0. The highest BCUT2D eigenvalue weighted by Gasteiger charge is 2.33. The Kier molecular flexibility index (Phi) is 4.74. The number of aliphatic imine (C=N–C) groups is 1. The second-order valence-corrected chi connectivity index (χ2v) is 7.07. The lowest BCUT2D eigenvalue weighted by Gasteiger charge is -2.35. The second kappa shape index (κ2) is 7.69. The number of hydrogen-bond acceptors (Lipinski definition) is 8. The minimum atomic E-state index is -0.234. The van der Waals surface area contributed by atoms with E-state index in [0.29, 0.717) is 25.5 Å². The average molecular weight is 391 g/mol. The molecule has 9 heteroatoms. The van der Waals surface area contributed by atoms with Gasteiger partial charge < -0.3 is 14.8 Å². The third-order valence-electron chi connectivity index (χ3n) is 5.12. The molecule has 29 heavy (non-hydrogen) atoms. The van der Waals surface area contributed by atoms with Crippen LogP contribution in [0.1, 0.15) is 6.92 Å². The molecule has 2 aliphatic heterocycles. The Morgan fingerprint density at radius 1 is 1.21 bits per heavy atom. The van der Waals surface area contributed by atoms with Crippen LogP contribution < -0.4 is 5.32 Å². The molecule has 2 unspecified atom stereocenters. The number of dihydropyridines is 1. The highest BCUT2D eigenvalue weighted by molar-refractivity contribution is 5.74. The summed E-state index contributed by atoms with van der Waals surface area (Å²) in [5.74, 6) is 1.65. The topological polar surface area (TPSA) is 98.8 Å². The predicted molar refractivity (Wildman–Crippen MR) is 108 cm³/mol. The van der Waals surface area contributed by atoms with E-state index in [1.54, 1.807) is 18.7 Å². The van der Waals surface area contributed by atoms with Gasteiger partial charge in [0.25, 0.3) is 0 Å². The number of fused-ring (bicyclic) bond motifs is 2. The van der Waals surface area contributed by atoms with Crippen LogP contribution >= 0.6 is 0 Å². The van der Waals surface area contributed by atoms with Crippen LogP contribution in [-0.2, 0) is 9.47 Å². The number of allylic oxidation sites excluding steroid dienone is 1. The van der Waals surface area contributed by atoms with Crippen molar-refractivity contribution in [2.45, 2.75) is 19.3 Å². The Bertz CT molecular complexity index is 1080. The Balaban J connectivity index is 1.29. The van der Waals surface area contributed by atoms with Crippen LogP contribution in [0.15, 0.2) is 53.8 Å². The molecule has 3 aromatic rings. The van der Waals surface area contributed by atoms with E-state index in [0.717, 1.165) is 17.1 Å². The number of anilines is 1. The minimum absolute atomic E-state index is 0.112. The van der Waals surface area contributed by atoms with E-state index in [-0.39, 0.29) is 18.2 Å². The van der Waals surface area contributed by atoms with Crippen molar-refractivity contribution in [3.05, 3.63) is 48.8 Å². The SMILES string of the molecule is C[C@H](CNc1cc(-c2cnc3nccn3c2)ncn1)C1=CC=NC2OCCOC12. The third-order valence-corrected chi connectivity index (χ3v) is 5.12. The van der Waals surface area contributed by atoms with Crippen molar-refractivity contribution in [2.24, 2.45) is 10.9 Å². The maximum Gasteiger partial charge on any atom is 0.233 e. The first-order valence-electron chi connectivity index (χ1n) is 9.59. The van der Waals surface area contributed by atoms with E-state index in [2.05, 4.69) is 37.2 Å². The van der Waals surface area contributed by atoms with Crippen molar-refractivity contribution in [1.82, 2.24) is 24.3 Å². The van der Waals surface area contributed by atoms with Gasteiger partial charge in [-0.1, -0.05) is 6.92 Å². The number of ether oxygens (including phenoxy) is 2. The summed E-state index contributed by atoms with van der Waals surface area (Å²) < 4.78 is 13.5. The zero-order valence-corrected chi connectivity index (χ0v) is 16.0. The van der Waals surface area contributed by atoms with Gasteiger partial charge >= 0.3 is 0 Å². The van der Waals surface area contributed by atoms with Crippen molar-refractivity contribution in [2.75, 3.05) is 25.1 Å². The predicted octanol–water partition coefficient (Wildman–Crippen LogP) is 1.99. The van der Waals surface area contributed by atoms with Crippen molar-refractivity contribution < 1.29 is 9.47 Å². The van der Waals surface area contributed by atoms with Gasteiger partial charge in [0.1, 0.15) is 18.2 Å². The Morgan fingerprint density at radius 2 is 2.14 bits per heavy atom. The summed E-state index contributed by atoms with van der Waals surface area (Å²) in [6.45, 7) is 4.05. The van der Waals surface area contributed by atoms with Crippen molar-refractivity contribution >= 4 is 17.8 Å². The number of aromatic nitrogens is 5. The monoisotopic (exact) mass is 391 g/mol. The largest absolute Gasteiger partial charge is 0.369 e. The van der Waals surface area contributed by atoms with Gasteiger partial charge in [-0.15, -0.1) is 0 Å². The van der Waals surface area contributed by atoms with Gasteiger partial charge in [0.2, 0.25) is 5.78 Å². The zero-order chi connectivity index (χ0) is 19.6. The second-order valence-electron chi connectivity index (χ2n) is 7.07. The fourth-order valence-electron chi connectivity index (χ4n) is 3.59.